The van der Waals surface area contributed by atoms with Crippen LogP contribution < -0.4 is 16.2 Å². The van der Waals surface area contributed by atoms with Gasteiger partial charge in [-0.15, -0.1) is 15.3 Å². The van der Waals surface area contributed by atoms with Crippen LogP contribution >= 0.6 is 0 Å². The Balaban J connectivity index is 1.02. The molecule has 0 aliphatic heterocycles. The van der Waals surface area contributed by atoms with E-state index in [9.17, 15) is 0 Å². The fourth-order valence-corrected chi connectivity index (χ4v) is 6.53. The number of benzene rings is 8. The fourth-order valence-electron chi connectivity index (χ4n) is 6.53. The van der Waals surface area contributed by atoms with E-state index in [1.54, 1.807) is 0 Å². The van der Waals surface area contributed by atoms with Crippen LogP contribution in [0.1, 0.15) is 20.3 Å². The second-order valence-corrected chi connectivity index (χ2v) is 13.1. The first kappa shape index (κ1) is 33.3. The molecular weight excluding hydrogens is 651 g/mol. The number of nitrogens with one attached hydrogen (secondary N) is 3. The third-order valence-electron chi connectivity index (χ3n) is 9.56. The van der Waals surface area contributed by atoms with Gasteiger partial charge in [-0.1, -0.05) is 122 Å². The zero-order chi connectivity index (χ0) is 36.0. The van der Waals surface area contributed by atoms with Crippen LogP contribution in [0, 0.1) is 0 Å². The van der Waals surface area contributed by atoms with Crippen LogP contribution in [-0.2, 0) is 0 Å². The van der Waals surface area contributed by atoms with Crippen LogP contribution in [0.4, 0.5) is 39.8 Å². The minimum atomic E-state index is 0.378. The largest absolute Gasteiger partial charge is 0.382 e. The van der Waals surface area contributed by atoms with E-state index >= 15 is 0 Å². The van der Waals surface area contributed by atoms with Crippen LogP contribution in [0.3, 0.4) is 0 Å². The Kier molecular flexibility index (Phi) is 9.53. The lowest BCUT2D eigenvalue weighted by molar-refractivity contribution is 0.765. The average molecular weight is 690 g/mol. The highest BCUT2D eigenvalue weighted by molar-refractivity contribution is 6.04. The Morgan fingerprint density at radius 3 is 1.28 bits per heavy atom. The zero-order valence-corrected chi connectivity index (χ0v) is 29.7. The summed E-state index contributed by atoms with van der Waals surface area (Å²) >= 11 is 0. The Morgan fingerprint density at radius 2 is 0.792 bits per heavy atom. The van der Waals surface area contributed by atoms with Gasteiger partial charge < -0.3 is 16.2 Å². The lowest BCUT2D eigenvalue weighted by atomic mass is 10.1. The molecule has 0 fully saturated rings. The zero-order valence-electron chi connectivity index (χ0n) is 29.7. The van der Waals surface area contributed by atoms with E-state index in [0.29, 0.717) is 6.04 Å². The van der Waals surface area contributed by atoms with Gasteiger partial charge in [0, 0.05) is 44.0 Å². The van der Waals surface area contributed by atoms with Gasteiger partial charge in [0.05, 0.1) is 34.1 Å². The highest BCUT2D eigenvalue weighted by atomic mass is 15.4. The van der Waals surface area contributed by atoms with Crippen molar-refractivity contribution in [1.82, 2.24) is 0 Å². The van der Waals surface area contributed by atoms with Crippen molar-refractivity contribution in [2.24, 2.45) is 20.5 Å². The SMILES string of the molecule is CCC(C)Nc1ccc(N=Nc2ccc(NNc3ccc(N=Nc4ccc(-c5ccccc5)cc4)c4ccccc34)c3ccccc23)c2ccccc12. The molecule has 53 heavy (non-hydrogen) atoms. The molecule has 0 saturated carbocycles. The van der Waals surface area contributed by atoms with Crippen molar-refractivity contribution in [2.75, 3.05) is 16.2 Å². The van der Waals surface area contributed by atoms with Crippen molar-refractivity contribution < 1.29 is 0 Å². The van der Waals surface area contributed by atoms with Crippen molar-refractivity contribution in [3.63, 3.8) is 0 Å². The van der Waals surface area contributed by atoms with Crippen molar-refractivity contribution in [3.8, 4) is 11.1 Å². The summed E-state index contributed by atoms with van der Waals surface area (Å²) in [4.78, 5) is 0. The maximum Gasteiger partial charge on any atom is 0.0936 e. The molecule has 8 aromatic carbocycles. The van der Waals surface area contributed by atoms with E-state index < -0.39 is 0 Å². The second-order valence-electron chi connectivity index (χ2n) is 13.1. The molecule has 0 aliphatic carbocycles. The molecule has 0 aliphatic rings. The third kappa shape index (κ3) is 7.18. The molecule has 0 heterocycles. The van der Waals surface area contributed by atoms with Crippen LogP contribution in [0.15, 0.2) is 184 Å². The summed E-state index contributed by atoms with van der Waals surface area (Å²) < 4.78 is 0. The second kappa shape index (κ2) is 15.2. The molecule has 0 radical (unpaired) electrons. The van der Waals surface area contributed by atoms with E-state index in [4.69, 9.17) is 10.2 Å². The van der Waals surface area contributed by atoms with Crippen molar-refractivity contribution in [2.45, 2.75) is 26.3 Å². The average Bonchev–Trinajstić information content (AvgIpc) is 3.22. The van der Waals surface area contributed by atoms with Crippen LogP contribution in [0.2, 0.25) is 0 Å². The Labute approximate surface area is 309 Å². The van der Waals surface area contributed by atoms with Crippen LogP contribution in [-0.4, -0.2) is 6.04 Å². The van der Waals surface area contributed by atoms with Gasteiger partial charge >= 0.3 is 0 Å². The van der Waals surface area contributed by atoms with E-state index in [0.717, 1.165) is 84.1 Å². The first-order chi connectivity index (χ1) is 26.1. The van der Waals surface area contributed by atoms with Gasteiger partial charge in [-0.2, -0.15) is 5.11 Å². The molecule has 0 spiro atoms. The molecule has 0 bridgehead atoms. The maximum atomic E-state index is 4.77. The Morgan fingerprint density at radius 1 is 0.396 bits per heavy atom. The van der Waals surface area contributed by atoms with Gasteiger partial charge in [-0.05, 0) is 73.0 Å². The van der Waals surface area contributed by atoms with Gasteiger partial charge in [-0.3, -0.25) is 0 Å². The maximum absolute atomic E-state index is 4.77. The van der Waals surface area contributed by atoms with Gasteiger partial charge in [0.1, 0.15) is 0 Å². The van der Waals surface area contributed by atoms with Crippen molar-refractivity contribution in [3.05, 3.63) is 164 Å². The Bertz CT molecular complexity index is 2600. The number of azo groups is 2. The number of rotatable bonds is 11. The normalized spacial score (nSPS) is 12.2. The molecule has 0 saturated heterocycles. The summed E-state index contributed by atoms with van der Waals surface area (Å²) in [7, 11) is 0. The topological polar surface area (TPSA) is 85.5 Å². The summed E-state index contributed by atoms with van der Waals surface area (Å²) in [5.74, 6) is 0. The highest BCUT2D eigenvalue weighted by Gasteiger charge is 2.11. The lowest BCUT2D eigenvalue weighted by Crippen LogP contribution is -2.13. The molecule has 1 unspecified atom stereocenters. The number of anilines is 3. The van der Waals surface area contributed by atoms with E-state index in [2.05, 4.69) is 113 Å². The number of hydrazine groups is 1. The number of hydrogen-bond acceptors (Lipinski definition) is 7. The first-order valence-corrected chi connectivity index (χ1v) is 18.0. The molecule has 8 rings (SSSR count). The van der Waals surface area contributed by atoms with E-state index in [-0.39, 0.29) is 0 Å². The summed E-state index contributed by atoms with van der Waals surface area (Å²) in [5, 5.41) is 28.6. The number of nitrogens with zero attached hydrogens (tertiary/aromatic N) is 4. The fraction of sp³-hybridized carbons (Fsp3) is 0.0870. The predicted octanol–water partition coefficient (Wildman–Crippen LogP) is 14.3. The van der Waals surface area contributed by atoms with Gasteiger partial charge in [0.2, 0.25) is 0 Å². The van der Waals surface area contributed by atoms with Gasteiger partial charge in [-0.25, -0.2) is 0 Å². The van der Waals surface area contributed by atoms with Gasteiger partial charge in [0.15, 0.2) is 0 Å². The minimum Gasteiger partial charge on any atom is -0.382 e. The summed E-state index contributed by atoms with van der Waals surface area (Å²) in [5.41, 5.74) is 15.4. The molecule has 0 aromatic heterocycles. The van der Waals surface area contributed by atoms with Crippen molar-refractivity contribution in [1.29, 1.82) is 0 Å². The van der Waals surface area contributed by atoms with Crippen LogP contribution in [0.5, 0.6) is 0 Å². The van der Waals surface area contributed by atoms with E-state index in [1.165, 1.54) is 5.56 Å². The molecule has 7 heteroatoms. The Hall–Kier alpha value is -6.86. The molecule has 258 valence electrons. The molecule has 7 nitrogen and oxygen atoms in total. The summed E-state index contributed by atoms with van der Waals surface area (Å²) in [6.07, 6.45) is 1.05. The number of hydrogen-bond donors (Lipinski definition) is 3. The molecule has 8 aromatic rings. The van der Waals surface area contributed by atoms with Crippen molar-refractivity contribution >= 4 is 72.1 Å². The van der Waals surface area contributed by atoms with Crippen LogP contribution in [0.25, 0.3) is 43.4 Å². The quantitative estimate of drug-likeness (QED) is 0.0933. The first-order valence-electron chi connectivity index (χ1n) is 18.0. The monoisotopic (exact) mass is 689 g/mol. The highest BCUT2D eigenvalue weighted by Crippen LogP contribution is 2.37. The predicted molar refractivity (Wildman–Crippen MR) is 223 cm³/mol. The standard InChI is InChI=1S/C46H39N7/c1-3-31(2)47-41-25-26-43(36-16-8-7-15-35(36)41)50-51-45-29-30-46(40-20-12-11-19-39(40)45)53-52-44-28-27-42(37-17-9-10-18-38(37)44)49-48-34-23-21-33(22-24-34)32-13-5-4-6-14-32/h4-31,47,52-53H,3H2,1-2H3. The molecule has 0 amide bonds. The molecular formula is C46H39N7. The summed E-state index contributed by atoms with van der Waals surface area (Å²) in [6.45, 7) is 4.38. The molecule has 3 N–H and O–H groups in total. The van der Waals surface area contributed by atoms with Gasteiger partial charge in [0.25, 0.3) is 0 Å². The minimum absolute atomic E-state index is 0.378. The van der Waals surface area contributed by atoms with E-state index in [1.807, 2.05) is 91.0 Å². The summed E-state index contributed by atoms with van der Waals surface area (Å²) in [6, 6.07) is 55.9. The smallest absolute Gasteiger partial charge is 0.0936 e. The number of fused-ring (bicyclic) bond motifs is 3. The lowest BCUT2D eigenvalue weighted by Gasteiger charge is -2.16. The third-order valence-corrected chi connectivity index (χ3v) is 9.56. The molecule has 1 atom stereocenters.